The Morgan fingerprint density at radius 3 is 2.25 bits per heavy atom. The molecule has 0 aliphatic rings. The Morgan fingerprint density at radius 1 is 0.950 bits per heavy atom. The van der Waals surface area contributed by atoms with Gasteiger partial charge in [0.2, 0.25) is 0 Å². The molecule has 2 aromatic rings. The second-order valence-electron chi connectivity index (χ2n) is 4.05. The average Bonchev–Trinajstić information content (AvgIpc) is 2.34. The molecule has 1 aromatic carbocycles. The molecule has 2 rings (SSSR count). The van der Waals surface area contributed by atoms with Gasteiger partial charge in [-0.3, -0.25) is 0 Å². The van der Waals surface area contributed by atoms with Gasteiger partial charge in [0, 0.05) is 12.6 Å². The van der Waals surface area contributed by atoms with Crippen LogP contribution in [-0.2, 0) is 6.42 Å². The van der Waals surface area contributed by atoms with Crippen molar-refractivity contribution in [1.82, 2.24) is 4.98 Å². The molecule has 0 saturated carbocycles. The van der Waals surface area contributed by atoms with Gasteiger partial charge >= 0.3 is 0 Å². The largest absolute Gasteiger partial charge is 0.368 e. The minimum Gasteiger partial charge on any atom is -0.368 e. The van der Waals surface area contributed by atoms with Crippen LogP contribution in [0, 0.1) is 11.6 Å². The number of nitrogens with zero attached hydrogens (tertiary/aromatic N) is 1. The zero-order valence-electron chi connectivity index (χ0n) is 10.1. The lowest BCUT2D eigenvalue weighted by atomic mass is 10.1. The highest BCUT2D eigenvalue weighted by atomic mass is 35.5. The SMILES string of the molecule is Fc1cc(F)cc(CCNc2nc(Cl)c(Cl)cc2Cl)c1. The van der Waals surface area contributed by atoms with Crippen LogP contribution in [-0.4, -0.2) is 11.5 Å². The van der Waals surface area contributed by atoms with E-state index in [1.807, 2.05) is 0 Å². The van der Waals surface area contributed by atoms with Crippen molar-refractivity contribution in [2.45, 2.75) is 6.42 Å². The zero-order valence-corrected chi connectivity index (χ0v) is 12.3. The van der Waals surface area contributed by atoms with E-state index in [1.165, 1.54) is 18.2 Å². The molecule has 1 N–H and O–H groups in total. The standard InChI is InChI=1S/C13H9Cl3F2N2/c14-10-6-11(15)13(20-12(10)16)19-2-1-7-3-8(17)5-9(18)4-7/h3-6H,1-2H2,(H,19,20). The molecule has 0 aliphatic carbocycles. The Balaban J connectivity index is 2.01. The van der Waals surface area contributed by atoms with Crippen LogP contribution >= 0.6 is 34.8 Å². The number of hydrogen-bond donors (Lipinski definition) is 1. The molecule has 20 heavy (non-hydrogen) atoms. The highest BCUT2D eigenvalue weighted by molar-refractivity contribution is 6.42. The monoisotopic (exact) mass is 336 g/mol. The van der Waals surface area contributed by atoms with Gasteiger partial charge in [-0.05, 0) is 30.2 Å². The summed E-state index contributed by atoms with van der Waals surface area (Å²) in [6.45, 7) is 0.396. The Morgan fingerprint density at radius 2 is 1.60 bits per heavy atom. The van der Waals surface area contributed by atoms with E-state index < -0.39 is 11.6 Å². The van der Waals surface area contributed by atoms with Gasteiger partial charge in [-0.1, -0.05) is 34.8 Å². The van der Waals surface area contributed by atoms with E-state index in [0.29, 0.717) is 29.4 Å². The van der Waals surface area contributed by atoms with Crippen molar-refractivity contribution < 1.29 is 8.78 Å². The van der Waals surface area contributed by atoms with Gasteiger partial charge in [0.1, 0.15) is 22.6 Å². The van der Waals surface area contributed by atoms with Crippen LogP contribution < -0.4 is 5.32 Å². The van der Waals surface area contributed by atoms with E-state index in [4.69, 9.17) is 34.8 Å². The van der Waals surface area contributed by atoms with Crippen LogP contribution in [0.2, 0.25) is 15.2 Å². The minimum absolute atomic E-state index is 0.135. The molecule has 106 valence electrons. The molecule has 0 amide bonds. The van der Waals surface area contributed by atoms with E-state index in [9.17, 15) is 8.78 Å². The molecule has 0 spiro atoms. The van der Waals surface area contributed by atoms with E-state index in [-0.39, 0.29) is 10.2 Å². The number of benzene rings is 1. The fraction of sp³-hybridized carbons (Fsp3) is 0.154. The molecule has 1 aromatic heterocycles. The summed E-state index contributed by atoms with van der Waals surface area (Å²) in [7, 11) is 0. The third-order valence-electron chi connectivity index (χ3n) is 2.52. The van der Waals surface area contributed by atoms with Crippen molar-refractivity contribution in [3.63, 3.8) is 0 Å². The lowest BCUT2D eigenvalue weighted by Gasteiger charge is -2.09. The van der Waals surface area contributed by atoms with Crippen molar-refractivity contribution in [1.29, 1.82) is 0 Å². The molecule has 0 radical (unpaired) electrons. The highest BCUT2D eigenvalue weighted by Crippen LogP contribution is 2.28. The fourth-order valence-electron chi connectivity index (χ4n) is 1.65. The number of halogens is 5. The predicted octanol–water partition coefficient (Wildman–Crippen LogP) is 4.97. The maximum Gasteiger partial charge on any atom is 0.150 e. The minimum atomic E-state index is -0.606. The van der Waals surface area contributed by atoms with Crippen LogP contribution in [0.4, 0.5) is 14.6 Å². The molecule has 7 heteroatoms. The normalized spacial score (nSPS) is 10.7. The first kappa shape index (κ1) is 15.3. The molecular weight excluding hydrogens is 329 g/mol. The van der Waals surface area contributed by atoms with Gasteiger partial charge in [-0.2, -0.15) is 0 Å². The molecule has 0 fully saturated rings. The summed E-state index contributed by atoms with van der Waals surface area (Å²) in [5, 5.41) is 3.65. The van der Waals surface area contributed by atoms with Crippen molar-refractivity contribution in [3.05, 3.63) is 56.7 Å². The van der Waals surface area contributed by atoms with Crippen molar-refractivity contribution in [3.8, 4) is 0 Å². The Hall–Kier alpha value is -1.10. The number of nitrogens with one attached hydrogen (secondary N) is 1. The molecule has 2 nitrogen and oxygen atoms in total. The predicted molar refractivity (Wildman–Crippen MR) is 77.8 cm³/mol. The molecule has 0 bridgehead atoms. The maximum atomic E-state index is 13.0. The van der Waals surface area contributed by atoms with Gasteiger partial charge < -0.3 is 5.32 Å². The van der Waals surface area contributed by atoms with Crippen molar-refractivity contribution >= 4 is 40.6 Å². The number of pyridine rings is 1. The lowest BCUT2D eigenvalue weighted by Crippen LogP contribution is -2.07. The number of aromatic nitrogens is 1. The molecule has 0 unspecified atom stereocenters. The first-order valence-corrected chi connectivity index (χ1v) is 6.79. The summed E-state index contributed by atoms with van der Waals surface area (Å²) in [6.07, 6.45) is 0.410. The zero-order chi connectivity index (χ0) is 14.7. The first-order valence-electron chi connectivity index (χ1n) is 5.66. The summed E-state index contributed by atoms with van der Waals surface area (Å²) in [5.41, 5.74) is 0.534. The van der Waals surface area contributed by atoms with Crippen molar-refractivity contribution in [2.24, 2.45) is 0 Å². The fourth-order valence-corrected chi connectivity index (χ4v) is 2.21. The van der Waals surface area contributed by atoms with Gasteiger partial charge in [0.25, 0.3) is 0 Å². The second-order valence-corrected chi connectivity index (χ2v) is 5.22. The lowest BCUT2D eigenvalue weighted by molar-refractivity contribution is 0.580. The Kier molecular flexibility index (Phi) is 5.02. The smallest absolute Gasteiger partial charge is 0.150 e. The topological polar surface area (TPSA) is 24.9 Å². The van der Waals surface area contributed by atoms with Crippen LogP contribution in [0.25, 0.3) is 0 Å². The Bertz CT molecular complexity index is 615. The Labute approximate surface area is 129 Å². The van der Waals surface area contributed by atoms with E-state index in [2.05, 4.69) is 10.3 Å². The van der Waals surface area contributed by atoms with Crippen LogP contribution in [0.5, 0.6) is 0 Å². The van der Waals surface area contributed by atoms with Gasteiger partial charge in [-0.25, -0.2) is 13.8 Å². The molecule has 1 heterocycles. The maximum absolute atomic E-state index is 13.0. The van der Waals surface area contributed by atoms with Crippen LogP contribution in [0.15, 0.2) is 24.3 Å². The van der Waals surface area contributed by atoms with Crippen LogP contribution in [0.3, 0.4) is 0 Å². The summed E-state index contributed by atoms with van der Waals surface area (Å²) in [6, 6.07) is 4.85. The average molecular weight is 338 g/mol. The summed E-state index contributed by atoms with van der Waals surface area (Å²) >= 11 is 17.5. The van der Waals surface area contributed by atoms with Gasteiger partial charge in [-0.15, -0.1) is 0 Å². The summed E-state index contributed by atoms with van der Waals surface area (Å²) in [4.78, 5) is 3.98. The molecule has 0 aliphatic heterocycles. The molecule has 0 saturated heterocycles. The third-order valence-corrected chi connectivity index (χ3v) is 3.48. The summed E-state index contributed by atoms with van der Waals surface area (Å²) in [5.74, 6) is -0.839. The van der Waals surface area contributed by atoms with E-state index in [1.54, 1.807) is 0 Å². The quantitative estimate of drug-likeness (QED) is 0.796. The van der Waals surface area contributed by atoms with E-state index in [0.717, 1.165) is 6.07 Å². The highest BCUT2D eigenvalue weighted by Gasteiger charge is 2.07. The van der Waals surface area contributed by atoms with E-state index >= 15 is 0 Å². The number of anilines is 1. The molecular formula is C13H9Cl3F2N2. The summed E-state index contributed by atoms with van der Waals surface area (Å²) < 4.78 is 26.0. The van der Waals surface area contributed by atoms with Gasteiger partial charge in [0.05, 0.1) is 10.0 Å². The van der Waals surface area contributed by atoms with Crippen LogP contribution in [0.1, 0.15) is 5.56 Å². The van der Waals surface area contributed by atoms with Gasteiger partial charge in [0.15, 0.2) is 0 Å². The first-order chi connectivity index (χ1) is 9.45. The third kappa shape index (κ3) is 3.95. The number of rotatable bonds is 4. The number of hydrogen-bond acceptors (Lipinski definition) is 2. The second kappa shape index (κ2) is 6.57. The molecule has 0 atom stereocenters. The van der Waals surface area contributed by atoms with Crippen molar-refractivity contribution in [2.75, 3.05) is 11.9 Å².